The number of imidazole rings is 1. The predicted molar refractivity (Wildman–Crippen MR) is 130 cm³/mol. The standard InChI is InChI=1S/C21H29N7O5S/c1-7-27(8-2)34(32,33)14-9-10-16(24(3)4)15(11-14)23-17(29)12-28-20(30)18-19(22-13-25(18)5)26(6)21(28)31/h9-11,13H,7-8,12H2,1-6H3,(H,23,29). The van der Waals surface area contributed by atoms with E-state index in [9.17, 15) is 22.8 Å². The predicted octanol–water partition coefficient (Wildman–Crippen LogP) is 0.169. The third-order valence-corrected chi connectivity index (χ3v) is 7.62. The largest absolute Gasteiger partial charge is 0.376 e. The minimum atomic E-state index is -3.76. The molecule has 0 bridgehead atoms. The fraction of sp³-hybridized carbons (Fsp3) is 0.429. The van der Waals surface area contributed by atoms with Gasteiger partial charge >= 0.3 is 5.69 Å². The Bertz CT molecular complexity index is 1460. The Balaban J connectivity index is 2.01. The molecule has 0 aliphatic rings. The number of hydrogen-bond acceptors (Lipinski definition) is 7. The van der Waals surface area contributed by atoms with Crippen LogP contribution in [-0.2, 0) is 35.5 Å². The van der Waals surface area contributed by atoms with Crippen molar-refractivity contribution in [1.29, 1.82) is 0 Å². The van der Waals surface area contributed by atoms with E-state index in [-0.39, 0.29) is 21.7 Å². The number of nitrogens with zero attached hydrogens (tertiary/aromatic N) is 6. The van der Waals surface area contributed by atoms with Gasteiger partial charge < -0.3 is 14.8 Å². The van der Waals surface area contributed by atoms with E-state index in [1.807, 2.05) is 0 Å². The molecule has 0 spiro atoms. The number of benzene rings is 1. The summed E-state index contributed by atoms with van der Waals surface area (Å²) in [5, 5.41) is 2.66. The van der Waals surface area contributed by atoms with E-state index in [0.29, 0.717) is 18.8 Å². The zero-order valence-electron chi connectivity index (χ0n) is 20.1. The molecule has 0 aliphatic carbocycles. The number of hydrogen-bond donors (Lipinski definition) is 1. The van der Waals surface area contributed by atoms with E-state index >= 15 is 0 Å². The van der Waals surface area contributed by atoms with Crippen LogP contribution in [0.25, 0.3) is 11.2 Å². The first-order valence-electron chi connectivity index (χ1n) is 10.7. The highest BCUT2D eigenvalue weighted by Gasteiger charge is 2.24. The first-order valence-corrected chi connectivity index (χ1v) is 12.1. The molecule has 3 aromatic rings. The molecule has 0 aliphatic heterocycles. The normalized spacial score (nSPS) is 11.9. The van der Waals surface area contributed by atoms with Crippen LogP contribution < -0.4 is 21.5 Å². The van der Waals surface area contributed by atoms with Crippen LogP contribution >= 0.6 is 0 Å². The van der Waals surface area contributed by atoms with Gasteiger partial charge in [0.15, 0.2) is 11.2 Å². The third kappa shape index (κ3) is 4.35. The number of aryl methyl sites for hydroxylation is 2. The number of aromatic nitrogens is 4. The number of fused-ring (bicyclic) bond motifs is 1. The number of carbonyl (C=O) groups excluding carboxylic acids is 1. The van der Waals surface area contributed by atoms with Crippen LogP contribution in [0.3, 0.4) is 0 Å². The number of anilines is 2. The van der Waals surface area contributed by atoms with Crippen molar-refractivity contribution in [3.8, 4) is 0 Å². The molecule has 0 radical (unpaired) electrons. The van der Waals surface area contributed by atoms with Gasteiger partial charge in [0.05, 0.1) is 22.6 Å². The monoisotopic (exact) mass is 491 g/mol. The lowest BCUT2D eigenvalue weighted by molar-refractivity contribution is -0.116. The molecule has 184 valence electrons. The fourth-order valence-electron chi connectivity index (χ4n) is 3.75. The molecule has 0 atom stereocenters. The van der Waals surface area contributed by atoms with Gasteiger partial charge in [-0.15, -0.1) is 0 Å². The summed E-state index contributed by atoms with van der Waals surface area (Å²) in [5.41, 5.74) is -0.102. The lowest BCUT2D eigenvalue weighted by Gasteiger charge is -2.22. The van der Waals surface area contributed by atoms with Crippen LogP contribution in [0.2, 0.25) is 0 Å². The van der Waals surface area contributed by atoms with Gasteiger partial charge in [0.2, 0.25) is 15.9 Å². The van der Waals surface area contributed by atoms with Crippen molar-refractivity contribution in [3.63, 3.8) is 0 Å². The molecule has 2 heterocycles. The molecule has 1 amide bonds. The number of nitrogens with one attached hydrogen (secondary N) is 1. The molecule has 12 nitrogen and oxygen atoms in total. The Morgan fingerprint density at radius 1 is 1.12 bits per heavy atom. The van der Waals surface area contributed by atoms with Crippen LogP contribution in [-0.4, -0.2) is 64.5 Å². The Hall–Kier alpha value is -3.45. The number of carbonyl (C=O) groups is 1. The molecule has 34 heavy (non-hydrogen) atoms. The molecule has 0 unspecified atom stereocenters. The van der Waals surface area contributed by atoms with Crippen molar-refractivity contribution in [2.24, 2.45) is 14.1 Å². The van der Waals surface area contributed by atoms with Crippen molar-refractivity contribution in [1.82, 2.24) is 23.0 Å². The van der Waals surface area contributed by atoms with Gasteiger partial charge in [-0.05, 0) is 18.2 Å². The van der Waals surface area contributed by atoms with Gasteiger partial charge in [0, 0.05) is 41.3 Å². The SMILES string of the molecule is CCN(CC)S(=O)(=O)c1ccc(N(C)C)c(NC(=O)Cn2c(=O)c3c(ncn3C)n(C)c2=O)c1. The summed E-state index contributed by atoms with van der Waals surface area (Å²) in [5.74, 6) is -0.652. The van der Waals surface area contributed by atoms with E-state index in [1.165, 1.54) is 38.9 Å². The fourth-order valence-corrected chi connectivity index (χ4v) is 5.23. The quantitative estimate of drug-likeness (QED) is 0.475. The van der Waals surface area contributed by atoms with Gasteiger partial charge in [-0.2, -0.15) is 4.31 Å². The van der Waals surface area contributed by atoms with Crippen molar-refractivity contribution in [3.05, 3.63) is 45.4 Å². The number of sulfonamides is 1. The number of rotatable bonds is 8. The second kappa shape index (κ2) is 9.43. The molecule has 0 fully saturated rings. The van der Waals surface area contributed by atoms with E-state index in [0.717, 1.165) is 4.57 Å². The summed E-state index contributed by atoms with van der Waals surface area (Å²) < 4.78 is 30.8. The minimum absolute atomic E-state index is 0.0292. The van der Waals surface area contributed by atoms with Crippen LogP contribution in [0.15, 0.2) is 39.0 Å². The van der Waals surface area contributed by atoms with E-state index in [1.54, 1.807) is 46.0 Å². The van der Waals surface area contributed by atoms with Gasteiger partial charge in [0.25, 0.3) is 5.56 Å². The smallest absolute Gasteiger partial charge is 0.332 e. The number of amides is 1. The Kier molecular flexibility index (Phi) is 6.98. The first-order chi connectivity index (χ1) is 15.9. The van der Waals surface area contributed by atoms with Crippen LogP contribution in [0.1, 0.15) is 13.8 Å². The lowest BCUT2D eigenvalue weighted by atomic mass is 10.2. The maximum atomic E-state index is 13.0. The average Bonchev–Trinajstić information content (AvgIpc) is 3.17. The van der Waals surface area contributed by atoms with Crippen LogP contribution in [0, 0.1) is 0 Å². The van der Waals surface area contributed by atoms with E-state index < -0.39 is 33.7 Å². The summed E-state index contributed by atoms with van der Waals surface area (Å²) in [4.78, 5) is 44.3. The Morgan fingerprint density at radius 3 is 2.35 bits per heavy atom. The highest BCUT2D eigenvalue weighted by Crippen LogP contribution is 2.29. The first kappa shape index (κ1) is 25.2. The average molecular weight is 492 g/mol. The molecular formula is C21H29N7O5S. The van der Waals surface area contributed by atoms with E-state index in [2.05, 4.69) is 10.3 Å². The summed E-state index contributed by atoms with van der Waals surface area (Å²) in [6.45, 7) is 3.55. The lowest BCUT2D eigenvalue weighted by Crippen LogP contribution is -2.42. The summed E-state index contributed by atoms with van der Waals surface area (Å²) in [6, 6.07) is 4.46. The summed E-state index contributed by atoms with van der Waals surface area (Å²) in [7, 11) is 2.83. The molecule has 2 aromatic heterocycles. The second-order valence-electron chi connectivity index (χ2n) is 7.97. The zero-order chi connectivity index (χ0) is 25.4. The summed E-state index contributed by atoms with van der Waals surface area (Å²) in [6.07, 6.45) is 1.42. The van der Waals surface area contributed by atoms with Gasteiger partial charge in [-0.3, -0.25) is 14.2 Å². The maximum absolute atomic E-state index is 13.0. The van der Waals surface area contributed by atoms with E-state index in [4.69, 9.17) is 0 Å². The van der Waals surface area contributed by atoms with Gasteiger partial charge in [-0.1, -0.05) is 13.8 Å². The minimum Gasteiger partial charge on any atom is -0.376 e. The van der Waals surface area contributed by atoms with Crippen LogP contribution in [0.4, 0.5) is 11.4 Å². The van der Waals surface area contributed by atoms with Crippen LogP contribution in [0.5, 0.6) is 0 Å². The molecule has 1 aromatic carbocycles. The Labute approximate surface area is 197 Å². The molecule has 13 heteroatoms. The van der Waals surface area contributed by atoms with Crippen molar-refractivity contribution in [2.45, 2.75) is 25.3 Å². The molecule has 0 saturated carbocycles. The molecular weight excluding hydrogens is 462 g/mol. The zero-order valence-corrected chi connectivity index (χ0v) is 20.9. The topological polar surface area (TPSA) is 132 Å². The summed E-state index contributed by atoms with van der Waals surface area (Å²) >= 11 is 0. The second-order valence-corrected chi connectivity index (χ2v) is 9.91. The molecule has 1 N–H and O–H groups in total. The third-order valence-electron chi connectivity index (χ3n) is 5.57. The highest BCUT2D eigenvalue weighted by atomic mass is 32.2. The maximum Gasteiger partial charge on any atom is 0.332 e. The van der Waals surface area contributed by atoms with Crippen molar-refractivity contribution >= 4 is 38.5 Å². The highest BCUT2D eigenvalue weighted by molar-refractivity contribution is 7.89. The van der Waals surface area contributed by atoms with Crippen molar-refractivity contribution in [2.75, 3.05) is 37.4 Å². The van der Waals surface area contributed by atoms with Gasteiger partial charge in [-0.25, -0.2) is 22.8 Å². The molecule has 3 rings (SSSR count). The van der Waals surface area contributed by atoms with Crippen molar-refractivity contribution < 1.29 is 13.2 Å². The Morgan fingerprint density at radius 2 is 1.76 bits per heavy atom. The molecule has 0 saturated heterocycles. The van der Waals surface area contributed by atoms with Gasteiger partial charge in [0.1, 0.15) is 6.54 Å².